The van der Waals surface area contributed by atoms with Crippen LogP contribution in [0.2, 0.25) is 0 Å². The van der Waals surface area contributed by atoms with Gasteiger partial charge in [0.05, 0.1) is 11.4 Å². The number of rotatable bonds is 6. The minimum Gasteiger partial charge on any atom is -0.489 e. The van der Waals surface area contributed by atoms with Gasteiger partial charge in [-0.25, -0.2) is 0 Å². The van der Waals surface area contributed by atoms with Crippen LogP contribution in [0.15, 0.2) is 65.7 Å². The lowest BCUT2D eigenvalue weighted by molar-refractivity contribution is -0.0498. The maximum atomic E-state index is 12.2. The number of benzene rings is 2. The summed E-state index contributed by atoms with van der Waals surface area (Å²) in [6.07, 6.45) is 2.74. The summed E-state index contributed by atoms with van der Waals surface area (Å²) in [5, 5.41) is 0. The van der Waals surface area contributed by atoms with Crippen molar-refractivity contribution < 1.29 is 18.3 Å². The largest absolute Gasteiger partial charge is 0.489 e. The third-order valence-corrected chi connectivity index (χ3v) is 4.42. The highest BCUT2D eigenvalue weighted by Gasteiger charge is 2.09. The average molecular weight is 380 g/mol. The molecule has 4 rings (SSSR count). The third-order valence-electron chi connectivity index (χ3n) is 4.42. The van der Waals surface area contributed by atoms with Crippen LogP contribution < -0.4 is 9.47 Å². The average Bonchev–Trinajstić information content (AvgIpc) is 2.73. The molecule has 2 aromatic carbocycles. The van der Waals surface area contributed by atoms with Crippen molar-refractivity contribution in [3.8, 4) is 22.8 Å². The fraction of sp³-hybridized carbons (Fsp3) is 0.182. The summed E-state index contributed by atoms with van der Waals surface area (Å²) in [7, 11) is 0. The van der Waals surface area contributed by atoms with Gasteiger partial charge in [0, 0.05) is 30.3 Å². The maximum Gasteiger partial charge on any atom is 0.387 e. The van der Waals surface area contributed by atoms with E-state index in [9.17, 15) is 8.78 Å². The number of pyridine rings is 1. The van der Waals surface area contributed by atoms with Gasteiger partial charge in [-0.05, 0) is 54.1 Å². The van der Waals surface area contributed by atoms with Gasteiger partial charge in [-0.2, -0.15) is 8.78 Å². The van der Waals surface area contributed by atoms with Gasteiger partial charge in [-0.1, -0.05) is 12.1 Å². The molecule has 0 fully saturated rings. The quantitative estimate of drug-likeness (QED) is 0.611. The van der Waals surface area contributed by atoms with E-state index in [2.05, 4.69) is 9.73 Å². The highest BCUT2D eigenvalue weighted by atomic mass is 19.3. The molecule has 0 N–H and O–H groups in total. The second kappa shape index (κ2) is 8.17. The first-order chi connectivity index (χ1) is 13.7. The first-order valence-electron chi connectivity index (χ1n) is 8.94. The van der Waals surface area contributed by atoms with Crippen molar-refractivity contribution in [2.24, 2.45) is 4.99 Å². The summed E-state index contributed by atoms with van der Waals surface area (Å²) in [4.78, 5) is 9.01. The molecular weight excluding hydrogens is 362 g/mol. The molecule has 0 spiro atoms. The van der Waals surface area contributed by atoms with Gasteiger partial charge >= 0.3 is 6.61 Å². The van der Waals surface area contributed by atoms with Crippen LogP contribution in [0.5, 0.6) is 11.5 Å². The second-order valence-electron chi connectivity index (χ2n) is 6.35. The van der Waals surface area contributed by atoms with Crippen molar-refractivity contribution in [1.29, 1.82) is 0 Å². The zero-order valence-electron chi connectivity index (χ0n) is 15.0. The Morgan fingerprint density at radius 2 is 1.64 bits per heavy atom. The maximum absolute atomic E-state index is 12.2. The Morgan fingerprint density at radius 1 is 0.893 bits per heavy atom. The summed E-state index contributed by atoms with van der Waals surface area (Å²) >= 11 is 0. The lowest BCUT2D eigenvalue weighted by Crippen LogP contribution is -2.06. The molecule has 0 radical (unpaired) electrons. The van der Waals surface area contributed by atoms with Gasteiger partial charge in [-0.15, -0.1) is 0 Å². The summed E-state index contributed by atoms with van der Waals surface area (Å²) in [6, 6.07) is 18.2. The zero-order valence-corrected chi connectivity index (χ0v) is 15.0. The Labute approximate surface area is 161 Å². The summed E-state index contributed by atoms with van der Waals surface area (Å²) in [5.41, 5.74) is 4.97. The van der Waals surface area contributed by atoms with E-state index in [-0.39, 0.29) is 5.75 Å². The number of ether oxygens (including phenoxy) is 2. The van der Waals surface area contributed by atoms with Crippen LogP contribution in [0.25, 0.3) is 11.3 Å². The summed E-state index contributed by atoms with van der Waals surface area (Å²) < 4.78 is 34.4. The monoisotopic (exact) mass is 380 g/mol. The second-order valence-corrected chi connectivity index (χ2v) is 6.35. The predicted octanol–water partition coefficient (Wildman–Crippen LogP) is 4.90. The van der Waals surface area contributed by atoms with Crippen LogP contribution in [0, 0.1) is 0 Å². The lowest BCUT2D eigenvalue weighted by atomic mass is 10.1. The molecular formula is C22H18F2N2O2. The van der Waals surface area contributed by atoms with Crippen LogP contribution in [-0.4, -0.2) is 24.4 Å². The first-order valence-corrected chi connectivity index (χ1v) is 8.94. The van der Waals surface area contributed by atoms with Crippen molar-refractivity contribution >= 4 is 6.21 Å². The van der Waals surface area contributed by atoms with Crippen LogP contribution in [0.3, 0.4) is 0 Å². The molecule has 0 saturated carbocycles. The highest BCUT2D eigenvalue weighted by molar-refractivity contribution is 5.82. The van der Waals surface area contributed by atoms with Crippen LogP contribution in [-0.2, 0) is 13.0 Å². The minimum atomic E-state index is -2.82. The Morgan fingerprint density at radius 3 is 2.39 bits per heavy atom. The molecule has 1 aliphatic heterocycles. The van der Waals surface area contributed by atoms with Gasteiger partial charge in [-0.3, -0.25) is 9.98 Å². The highest BCUT2D eigenvalue weighted by Crippen LogP contribution is 2.24. The smallest absolute Gasteiger partial charge is 0.387 e. The number of hydrogen-bond acceptors (Lipinski definition) is 4. The van der Waals surface area contributed by atoms with Gasteiger partial charge in [0.15, 0.2) is 0 Å². The van der Waals surface area contributed by atoms with Crippen molar-refractivity contribution in [3.05, 3.63) is 77.5 Å². The lowest BCUT2D eigenvalue weighted by Gasteiger charge is -2.11. The number of fused-ring (bicyclic) bond motifs is 1. The Kier molecular flexibility index (Phi) is 5.28. The van der Waals surface area contributed by atoms with E-state index in [4.69, 9.17) is 9.72 Å². The molecule has 0 unspecified atom stereocenters. The minimum absolute atomic E-state index is 0.131. The number of hydrogen-bond donors (Lipinski definition) is 0. The van der Waals surface area contributed by atoms with Crippen molar-refractivity contribution in [1.82, 2.24) is 4.98 Å². The summed E-state index contributed by atoms with van der Waals surface area (Å²) in [6.45, 7) is -1.70. The number of aliphatic imine (C=N–C) groups is 1. The molecule has 3 aromatic rings. The Hall–Kier alpha value is -3.28. The SMILES string of the molecule is FC(F)Oc1ccc(COc2ccc(-c3ccc4c(n3)CCN=C4)cc2)cc1. The Balaban J connectivity index is 1.39. The fourth-order valence-corrected chi connectivity index (χ4v) is 2.98. The van der Waals surface area contributed by atoms with E-state index >= 15 is 0 Å². The van der Waals surface area contributed by atoms with Gasteiger partial charge in [0.2, 0.25) is 0 Å². The molecule has 0 saturated heterocycles. The van der Waals surface area contributed by atoms with E-state index in [1.165, 1.54) is 12.1 Å². The topological polar surface area (TPSA) is 43.7 Å². The Bertz CT molecular complexity index is 971. The van der Waals surface area contributed by atoms with Crippen LogP contribution in [0.1, 0.15) is 16.8 Å². The van der Waals surface area contributed by atoms with E-state index in [0.29, 0.717) is 6.61 Å². The first kappa shape index (κ1) is 18.1. The normalized spacial score (nSPS) is 12.7. The van der Waals surface area contributed by atoms with Gasteiger partial charge in [0.1, 0.15) is 18.1 Å². The number of alkyl halides is 2. The molecule has 0 aliphatic carbocycles. The van der Waals surface area contributed by atoms with E-state index in [1.807, 2.05) is 42.6 Å². The third kappa shape index (κ3) is 4.34. The molecule has 0 amide bonds. The molecule has 1 aromatic heterocycles. The van der Waals surface area contributed by atoms with Gasteiger partial charge in [0.25, 0.3) is 0 Å². The summed E-state index contributed by atoms with van der Waals surface area (Å²) in [5.74, 6) is 0.855. The predicted molar refractivity (Wildman–Crippen MR) is 103 cm³/mol. The standard InChI is InChI=1S/C22H18F2N2O2/c23-22(24)28-19-6-1-15(2-7-19)14-27-18-8-3-16(4-9-18)20-10-5-17-13-25-12-11-21(17)26-20/h1-10,13,22H,11-12,14H2. The van der Waals surface area contributed by atoms with Crippen molar-refractivity contribution in [2.75, 3.05) is 6.54 Å². The van der Waals surface area contributed by atoms with Crippen molar-refractivity contribution in [3.63, 3.8) is 0 Å². The van der Waals surface area contributed by atoms with Gasteiger partial charge < -0.3 is 9.47 Å². The van der Waals surface area contributed by atoms with E-state index in [1.54, 1.807) is 12.1 Å². The molecule has 1 aliphatic rings. The molecule has 0 bridgehead atoms. The van der Waals surface area contributed by atoms with Crippen LogP contribution >= 0.6 is 0 Å². The fourth-order valence-electron chi connectivity index (χ4n) is 2.98. The van der Waals surface area contributed by atoms with Crippen molar-refractivity contribution in [2.45, 2.75) is 19.6 Å². The molecule has 2 heterocycles. The van der Waals surface area contributed by atoms with Crippen LogP contribution in [0.4, 0.5) is 8.78 Å². The molecule has 0 atom stereocenters. The number of halogens is 2. The van der Waals surface area contributed by atoms with E-state index < -0.39 is 6.61 Å². The number of aromatic nitrogens is 1. The molecule has 142 valence electrons. The zero-order chi connectivity index (χ0) is 19.3. The molecule has 4 nitrogen and oxygen atoms in total. The molecule has 6 heteroatoms. The van der Waals surface area contributed by atoms with E-state index in [0.717, 1.165) is 46.8 Å². The molecule has 28 heavy (non-hydrogen) atoms. The number of nitrogens with zero attached hydrogens (tertiary/aromatic N) is 2.